The molecule has 3 aliphatic heterocycles. The molecule has 0 bridgehead atoms. The van der Waals surface area contributed by atoms with Gasteiger partial charge >= 0.3 is 0 Å². The second kappa shape index (κ2) is 11.6. The highest BCUT2D eigenvalue weighted by atomic mass is 16.3. The van der Waals surface area contributed by atoms with Crippen LogP contribution in [0.3, 0.4) is 0 Å². The molecule has 2 saturated heterocycles. The first-order valence-corrected chi connectivity index (χ1v) is 15.2. The smallest absolute Gasteiger partial charge is 0.264 e. The Balaban J connectivity index is 1.02. The molecular weight excluding hydrogens is 586 g/mol. The number of carbonyl (C=O) groups excluding carboxylic acids is 4. The number of phenolic OH excluding ortho intramolecular Hbond substituents is 1. The number of phenols is 1. The quantitative estimate of drug-likeness (QED) is 0.235. The zero-order valence-corrected chi connectivity index (χ0v) is 24.8. The number of carbonyl (C=O) groups is 4. The number of benzene rings is 3. The summed E-state index contributed by atoms with van der Waals surface area (Å²) >= 11 is 0. The van der Waals surface area contributed by atoms with Gasteiger partial charge in [-0.25, -0.2) is 0 Å². The van der Waals surface area contributed by atoms with Crippen molar-refractivity contribution in [3.05, 3.63) is 83.9 Å². The summed E-state index contributed by atoms with van der Waals surface area (Å²) in [6.45, 7) is 1.55. The lowest BCUT2D eigenvalue weighted by atomic mass is 10.0. The third-order valence-corrected chi connectivity index (χ3v) is 8.87. The van der Waals surface area contributed by atoms with Gasteiger partial charge in [0.05, 0.1) is 16.8 Å². The van der Waals surface area contributed by atoms with Gasteiger partial charge in [-0.1, -0.05) is 30.3 Å². The number of nitrogens with one attached hydrogen (secondary N) is 2. The zero-order valence-electron chi connectivity index (χ0n) is 24.8. The molecule has 5 N–H and O–H groups in total. The summed E-state index contributed by atoms with van der Waals surface area (Å²) in [6, 6.07) is 21.0. The number of nitrogens with zero attached hydrogens (tertiary/aromatic N) is 4. The van der Waals surface area contributed by atoms with Gasteiger partial charge in [-0.05, 0) is 67.3 Å². The van der Waals surface area contributed by atoms with Crippen molar-refractivity contribution in [3.8, 4) is 28.1 Å². The van der Waals surface area contributed by atoms with Crippen molar-refractivity contribution >= 4 is 40.8 Å². The van der Waals surface area contributed by atoms with Crippen molar-refractivity contribution in [1.82, 2.24) is 20.4 Å². The fourth-order valence-corrected chi connectivity index (χ4v) is 6.44. The molecule has 4 aromatic rings. The molecule has 46 heavy (non-hydrogen) atoms. The molecule has 3 aliphatic rings. The van der Waals surface area contributed by atoms with Crippen LogP contribution in [0, 0.1) is 0 Å². The molecule has 4 heterocycles. The summed E-state index contributed by atoms with van der Waals surface area (Å²) < 4.78 is 0. The van der Waals surface area contributed by atoms with Crippen LogP contribution in [0.15, 0.2) is 72.8 Å². The predicted molar refractivity (Wildman–Crippen MR) is 171 cm³/mol. The molecule has 12 nitrogen and oxygen atoms in total. The third kappa shape index (κ3) is 5.17. The molecule has 2 fully saturated rings. The summed E-state index contributed by atoms with van der Waals surface area (Å²) in [6.07, 6.45) is 1.79. The lowest BCUT2D eigenvalue weighted by Gasteiger charge is -2.34. The van der Waals surface area contributed by atoms with Gasteiger partial charge in [0.1, 0.15) is 11.8 Å². The van der Waals surface area contributed by atoms with E-state index in [9.17, 15) is 24.3 Å². The van der Waals surface area contributed by atoms with Gasteiger partial charge in [0, 0.05) is 48.1 Å². The molecule has 232 valence electrons. The Morgan fingerprint density at radius 2 is 1.57 bits per heavy atom. The maximum absolute atomic E-state index is 13.5. The van der Waals surface area contributed by atoms with Crippen LogP contribution in [0.4, 0.5) is 17.2 Å². The Morgan fingerprint density at radius 3 is 2.30 bits per heavy atom. The number of aromatic hydroxyl groups is 1. The normalized spacial score (nSPS) is 18.5. The van der Waals surface area contributed by atoms with Crippen molar-refractivity contribution in [2.24, 2.45) is 0 Å². The van der Waals surface area contributed by atoms with Crippen molar-refractivity contribution < 1.29 is 24.3 Å². The molecule has 1 atom stereocenters. The Bertz CT molecular complexity index is 1890. The van der Waals surface area contributed by atoms with E-state index in [2.05, 4.69) is 25.7 Å². The topological polar surface area (TPSA) is 171 Å². The van der Waals surface area contributed by atoms with Crippen molar-refractivity contribution in [2.45, 2.75) is 37.8 Å². The van der Waals surface area contributed by atoms with Crippen LogP contribution in [0.25, 0.3) is 22.4 Å². The van der Waals surface area contributed by atoms with Crippen LogP contribution >= 0.6 is 0 Å². The first-order chi connectivity index (χ1) is 22.3. The summed E-state index contributed by atoms with van der Waals surface area (Å²) in [4.78, 5) is 54.0. The van der Waals surface area contributed by atoms with Crippen LogP contribution in [0.1, 0.15) is 46.4 Å². The minimum Gasteiger partial charge on any atom is -0.507 e. The average Bonchev–Trinajstić information content (AvgIpc) is 3.32. The van der Waals surface area contributed by atoms with Crippen LogP contribution in [0.2, 0.25) is 0 Å². The van der Waals surface area contributed by atoms with E-state index in [0.717, 1.165) is 47.6 Å². The predicted octanol–water partition coefficient (Wildman–Crippen LogP) is 3.58. The number of nitrogen functional groups attached to an aromatic ring is 1. The number of fused-ring (bicyclic) bond motifs is 1. The van der Waals surface area contributed by atoms with E-state index >= 15 is 0 Å². The van der Waals surface area contributed by atoms with Crippen LogP contribution in [-0.2, 0) is 9.59 Å². The monoisotopic (exact) mass is 617 g/mol. The highest BCUT2D eigenvalue weighted by Gasteiger charge is 2.45. The van der Waals surface area contributed by atoms with E-state index in [1.165, 1.54) is 0 Å². The molecule has 0 aliphatic carbocycles. The molecule has 12 heteroatoms. The number of nitrogens with two attached hydrogens (primary N) is 1. The largest absolute Gasteiger partial charge is 0.507 e. The maximum Gasteiger partial charge on any atom is 0.264 e. The molecule has 1 unspecified atom stereocenters. The molecule has 7 rings (SSSR count). The molecule has 4 amide bonds. The van der Waals surface area contributed by atoms with E-state index in [0.29, 0.717) is 22.8 Å². The molecule has 1 aromatic heterocycles. The standard InChI is InChI=1S/C34H31N7O5/c35-31-24(18-26(38-39-31)22-4-1-2-7-28(22)42)19-8-10-21(11-9-19)40-16-14-20(15-17-40)36-25-6-3-5-23-30(25)34(46)41(33(23)45)27-12-13-29(43)37-32(27)44/h1-11,18,20,27,36,42H,12-17H2,(H2,35,39)(H,37,43,44). The van der Waals surface area contributed by atoms with Gasteiger partial charge in [0.2, 0.25) is 11.8 Å². The minimum absolute atomic E-state index is 0.0742. The minimum atomic E-state index is -1.00. The lowest BCUT2D eigenvalue weighted by molar-refractivity contribution is -0.136. The second-order valence-corrected chi connectivity index (χ2v) is 11.7. The fourth-order valence-electron chi connectivity index (χ4n) is 6.44. The van der Waals surface area contributed by atoms with Gasteiger partial charge in [-0.2, -0.15) is 0 Å². The maximum atomic E-state index is 13.5. The third-order valence-electron chi connectivity index (χ3n) is 8.87. The second-order valence-electron chi connectivity index (χ2n) is 11.7. The summed E-state index contributed by atoms with van der Waals surface area (Å²) in [5.41, 5.74) is 11.0. The fraction of sp³-hybridized carbons (Fsp3) is 0.235. The number of imide groups is 2. The lowest BCUT2D eigenvalue weighted by Crippen LogP contribution is -2.54. The van der Waals surface area contributed by atoms with Gasteiger partial charge in [0.15, 0.2) is 5.82 Å². The number of rotatable bonds is 6. The van der Waals surface area contributed by atoms with E-state index in [-0.39, 0.29) is 35.8 Å². The van der Waals surface area contributed by atoms with Crippen molar-refractivity contribution in [2.75, 3.05) is 29.0 Å². The van der Waals surface area contributed by atoms with Crippen LogP contribution in [0.5, 0.6) is 5.75 Å². The van der Waals surface area contributed by atoms with Gasteiger partial charge in [-0.3, -0.25) is 29.4 Å². The van der Waals surface area contributed by atoms with E-state index in [4.69, 9.17) is 5.73 Å². The van der Waals surface area contributed by atoms with Crippen LogP contribution < -0.4 is 21.3 Å². The Labute approximate surface area is 264 Å². The highest BCUT2D eigenvalue weighted by molar-refractivity contribution is 6.25. The van der Waals surface area contributed by atoms with Crippen molar-refractivity contribution in [3.63, 3.8) is 0 Å². The Morgan fingerprint density at radius 1 is 0.826 bits per heavy atom. The van der Waals surface area contributed by atoms with E-state index in [1.54, 1.807) is 36.4 Å². The summed E-state index contributed by atoms with van der Waals surface area (Å²) in [7, 11) is 0. The number of anilines is 3. The molecule has 0 radical (unpaired) electrons. The van der Waals surface area contributed by atoms with Crippen molar-refractivity contribution in [1.29, 1.82) is 0 Å². The number of aromatic nitrogens is 2. The number of hydrogen-bond acceptors (Lipinski definition) is 10. The molecular formula is C34H31N7O5. The summed E-state index contributed by atoms with van der Waals surface area (Å²) in [5, 5.41) is 24.3. The average molecular weight is 618 g/mol. The Hall–Kier alpha value is -5.78. The Kier molecular flexibility index (Phi) is 7.31. The first-order valence-electron chi connectivity index (χ1n) is 15.2. The molecule has 0 saturated carbocycles. The number of para-hydroxylation sites is 1. The first kappa shape index (κ1) is 29.0. The SMILES string of the molecule is Nc1nnc(-c2ccccc2O)cc1-c1ccc(N2CCC(Nc3cccc4c3C(=O)N(C3CCC(=O)NC3=O)C4=O)CC2)cc1. The van der Waals surface area contributed by atoms with Gasteiger partial charge in [0.25, 0.3) is 11.8 Å². The number of hydrogen-bond donors (Lipinski definition) is 4. The summed E-state index contributed by atoms with van der Waals surface area (Å²) in [5.74, 6) is -1.65. The highest BCUT2D eigenvalue weighted by Crippen LogP contribution is 2.35. The van der Waals surface area contributed by atoms with E-state index < -0.39 is 29.7 Å². The zero-order chi connectivity index (χ0) is 31.9. The molecule has 0 spiro atoms. The number of amides is 4. The number of piperidine rings is 2. The molecule has 3 aromatic carbocycles. The van der Waals surface area contributed by atoms with Crippen LogP contribution in [-0.4, -0.2) is 69.0 Å². The van der Waals surface area contributed by atoms with E-state index in [1.807, 2.05) is 36.4 Å². The van der Waals surface area contributed by atoms with Gasteiger partial charge < -0.3 is 21.1 Å². The van der Waals surface area contributed by atoms with Gasteiger partial charge in [-0.15, -0.1) is 10.2 Å².